The largest absolute Gasteiger partial charge is 0.435 e. The molecule has 0 radical (unpaired) electrons. The number of hydrogen-bond donors (Lipinski definition) is 0. The van der Waals surface area contributed by atoms with Gasteiger partial charge < -0.3 is 14.2 Å². The minimum absolute atomic E-state index is 0.0997. The van der Waals surface area contributed by atoms with Gasteiger partial charge in [-0.1, -0.05) is 12.1 Å². The van der Waals surface area contributed by atoms with Crippen molar-refractivity contribution in [3.8, 4) is 5.75 Å². The second kappa shape index (κ2) is 7.35. The molecule has 0 spiro atoms. The summed E-state index contributed by atoms with van der Waals surface area (Å²) < 4.78 is 40.3. The van der Waals surface area contributed by atoms with Crippen molar-refractivity contribution >= 4 is 0 Å². The molecule has 0 aliphatic carbocycles. The second-order valence-electron chi connectivity index (χ2n) is 5.80. The molecule has 1 aromatic carbocycles. The Bertz CT molecular complexity index is 480. The Balaban J connectivity index is 1.61. The molecule has 2 fully saturated rings. The summed E-state index contributed by atoms with van der Waals surface area (Å²) >= 11 is 0. The average Bonchev–Trinajstić information content (AvgIpc) is 3.00. The maximum absolute atomic E-state index is 12.3. The van der Waals surface area contributed by atoms with Crippen LogP contribution < -0.4 is 4.74 Å². The highest BCUT2D eigenvalue weighted by molar-refractivity contribution is 5.30. The van der Waals surface area contributed by atoms with Crippen LogP contribution in [0.25, 0.3) is 0 Å². The maximum Gasteiger partial charge on any atom is 0.387 e. The van der Waals surface area contributed by atoms with Gasteiger partial charge in [0.25, 0.3) is 0 Å². The lowest BCUT2D eigenvalue weighted by atomic mass is 10.0. The lowest BCUT2D eigenvalue weighted by Gasteiger charge is -2.34. The van der Waals surface area contributed by atoms with Crippen molar-refractivity contribution < 1.29 is 23.0 Å². The van der Waals surface area contributed by atoms with Crippen molar-refractivity contribution in [3.63, 3.8) is 0 Å². The van der Waals surface area contributed by atoms with Crippen LogP contribution in [0.2, 0.25) is 0 Å². The van der Waals surface area contributed by atoms with Gasteiger partial charge in [0.05, 0.1) is 19.3 Å². The molecule has 0 aromatic heterocycles. The predicted molar refractivity (Wildman–Crippen MR) is 77.1 cm³/mol. The van der Waals surface area contributed by atoms with Gasteiger partial charge in [0.1, 0.15) is 5.75 Å². The number of halogens is 2. The number of rotatable bonds is 5. The molecule has 2 unspecified atom stereocenters. The first-order valence-corrected chi connectivity index (χ1v) is 7.67. The van der Waals surface area contributed by atoms with Crippen molar-refractivity contribution in [2.24, 2.45) is 5.92 Å². The van der Waals surface area contributed by atoms with Crippen LogP contribution >= 0.6 is 0 Å². The summed E-state index contributed by atoms with van der Waals surface area (Å²) in [5.74, 6) is 0.768. The zero-order valence-corrected chi connectivity index (χ0v) is 12.4. The monoisotopic (exact) mass is 313 g/mol. The Kier molecular flexibility index (Phi) is 5.23. The van der Waals surface area contributed by atoms with Gasteiger partial charge in [0, 0.05) is 26.2 Å². The van der Waals surface area contributed by atoms with E-state index in [1.165, 1.54) is 6.07 Å². The van der Waals surface area contributed by atoms with E-state index in [1.54, 1.807) is 12.1 Å². The van der Waals surface area contributed by atoms with Gasteiger partial charge in [-0.3, -0.25) is 4.90 Å². The molecule has 0 N–H and O–H groups in total. The van der Waals surface area contributed by atoms with Crippen LogP contribution in [0.5, 0.6) is 5.75 Å². The molecule has 3 rings (SSSR count). The zero-order valence-electron chi connectivity index (χ0n) is 12.4. The van der Waals surface area contributed by atoms with Crippen molar-refractivity contribution in [2.75, 3.05) is 39.5 Å². The molecule has 2 saturated heterocycles. The van der Waals surface area contributed by atoms with Crippen molar-refractivity contribution in [1.29, 1.82) is 0 Å². The van der Waals surface area contributed by atoms with Crippen LogP contribution in [0.1, 0.15) is 18.1 Å². The predicted octanol–water partition coefficient (Wildman–Crippen LogP) is 2.70. The molecule has 22 heavy (non-hydrogen) atoms. The van der Waals surface area contributed by atoms with E-state index in [2.05, 4.69) is 9.64 Å². The smallest absolute Gasteiger partial charge is 0.387 e. The normalized spacial score (nSPS) is 26.5. The first-order chi connectivity index (χ1) is 10.7. The van der Waals surface area contributed by atoms with Gasteiger partial charge in [-0.05, 0) is 30.0 Å². The van der Waals surface area contributed by atoms with Gasteiger partial charge in [-0.2, -0.15) is 8.78 Å². The van der Waals surface area contributed by atoms with Crippen molar-refractivity contribution in [3.05, 3.63) is 29.8 Å². The molecule has 122 valence electrons. The fourth-order valence-corrected chi connectivity index (χ4v) is 3.05. The molecule has 1 aromatic rings. The molecule has 2 heterocycles. The fourth-order valence-electron chi connectivity index (χ4n) is 3.05. The van der Waals surface area contributed by atoms with E-state index in [-0.39, 0.29) is 11.9 Å². The average molecular weight is 313 g/mol. The number of nitrogens with zero attached hydrogens (tertiary/aromatic N) is 1. The summed E-state index contributed by atoms with van der Waals surface area (Å²) in [6.45, 7) is 2.21. The third kappa shape index (κ3) is 4.15. The SMILES string of the molecule is FC(F)Oc1cccc(C2CN(CC3CCOC3)CCO2)c1. The number of ether oxygens (including phenoxy) is 3. The Morgan fingerprint density at radius 1 is 1.32 bits per heavy atom. The first-order valence-electron chi connectivity index (χ1n) is 7.67. The van der Waals surface area contributed by atoms with E-state index in [0.717, 1.165) is 44.8 Å². The highest BCUT2D eigenvalue weighted by Crippen LogP contribution is 2.27. The van der Waals surface area contributed by atoms with Gasteiger partial charge in [0.2, 0.25) is 0 Å². The van der Waals surface area contributed by atoms with Crippen LogP contribution in [0, 0.1) is 5.92 Å². The summed E-state index contributed by atoms with van der Waals surface area (Å²) in [5, 5.41) is 0. The first kappa shape index (κ1) is 15.6. The number of benzene rings is 1. The van der Waals surface area contributed by atoms with E-state index >= 15 is 0 Å². The van der Waals surface area contributed by atoms with Crippen LogP contribution in [0.15, 0.2) is 24.3 Å². The Morgan fingerprint density at radius 3 is 3.00 bits per heavy atom. The van der Waals surface area contributed by atoms with Crippen molar-refractivity contribution in [1.82, 2.24) is 4.90 Å². The van der Waals surface area contributed by atoms with Gasteiger partial charge in [-0.25, -0.2) is 0 Å². The third-order valence-corrected chi connectivity index (χ3v) is 4.15. The second-order valence-corrected chi connectivity index (χ2v) is 5.80. The van der Waals surface area contributed by atoms with E-state index in [1.807, 2.05) is 6.07 Å². The van der Waals surface area contributed by atoms with Crippen molar-refractivity contribution in [2.45, 2.75) is 19.1 Å². The van der Waals surface area contributed by atoms with E-state index in [0.29, 0.717) is 12.5 Å². The number of morpholine rings is 1. The quantitative estimate of drug-likeness (QED) is 0.836. The summed E-state index contributed by atoms with van der Waals surface area (Å²) in [6.07, 6.45) is 1.01. The van der Waals surface area contributed by atoms with Gasteiger partial charge in [0.15, 0.2) is 0 Å². The number of hydrogen-bond acceptors (Lipinski definition) is 4. The van der Waals surface area contributed by atoms with Gasteiger partial charge in [-0.15, -0.1) is 0 Å². The van der Waals surface area contributed by atoms with Crippen LogP contribution in [0.4, 0.5) is 8.78 Å². The topological polar surface area (TPSA) is 30.9 Å². The molecule has 0 saturated carbocycles. The molecular formula is C16H21F2NO3. The molecule has 0 bridgehead atoms. The Morgan fingerprint density at radius 2 is 2.23 bits per heavy atom. The lowest BCUT2D eigenvalue weighted by Crippen LogP contribution is -2.41. The standard InChI is InChI=1S/C16H21F2NO3/c17-16(18)22-14-3-1-2-13(8-14)15-10-19(5-7-21-15)9-12-4-6-20-11-12/h1-3,8,12,15-16H,4-7,9-11H2. The van der Waals surface area contributed by atoms with E-state index < -0.39 is 6.61 Å². The Labute approximate surface area is 129 Å². The minimum atomic E-state index is -2.80. The summed E-state index contributed by atoms with van der Waals surface area (Å²) in [5.41, 5.74) is 0.880. The molecule has 6 heteroatoms. The fraction of sp³-hybridized carbons (Fsp3) is 0.625. The van der Waals surface area contributed by atoms with Crippen LogP contribution in [-0.2, 0) is 9.47 Å². The molecular weight excluding hydrogens is 292 g/mol. The highest BCUT2D eigenvalue weighted by atomic mass is 19.3. The summed E-state index contributed by atoms with van der Waals surface area (Å²) in [7, 11) is 0. The Hall–Kier alpha value is -1.24. The highest BCUT2D eigenvalue weighted by Gasteiger charge is 2.26. The van der Waals surface area contributed by atoms with Crippen LogP contribution in [0.3, 0.4) is 0 Å². The minimum Gasteiger partial charge on any atom is -0.435 e. The summed E-state index contributed by atoms with van der Waals surface area (Å²) in [4.78, 5) is 2.37. The van der Waals surface area contributed by atoms with E-state index in [4.69, 9.17) is 9.47 Å². The zero-order chi connectivity index (χ0) is 15.4. The van der Waals surface area contributed by atoms with Gasteiger partial charge >= 0.3 is 6.61 Å². The van der Waals surface area contributed by atoms with E-state index in [9.17, 15) is 8.78 Å². The lowest BCUT2D eigenvalue weighted by molar-refractivity contribution is -0.0510. The number of alkyl halides is 2. The summed E-state index contributed by atoms with van der Waals surface area (Å²) in [6, 6.07) is 6.79. The molecule has 4 nitrogen and oxygen atoms in total. The maximum atomic E-state index is 12.3. The molecule has 2 aliphatic rings. The third-order valence-electron chi connectivity index (χ3n) is 4.15. The molecule has 2 atom stereocenters. The molecule has 2 aliphatic heterocycles. The molecule has 0 amide bonds. The van der Waals surface area contributed by atoms with Crippen LogP contribution in [-0.4, -0.2) is 51.0 Å².